The van der Waals surface area contributed by atoms with Gasteiger partial charge in [-0.2, -0.15) is 0 Å². The monoisotopic (exact) mass is 237 g/mol. The maximum atomic E-state index is 11.3. The van der Waals surface area contributed by atoms with E-state index in [9.17, 15) is 14.4 Å². The van der Waals surface area contributed by atoms with Crippen molar-refractivity contribution in [2.75, 3.05) is 6.54 Å². The molecule has 1 rings (SSSR count). The highest BCUT2D eigenvalue weighted by Gasteiger charge is 2.30. The van der Waals surface area contributed by atoms with Gasteiger partial charge in [0, 0.05) is 18.7 Å². The summed E-state index contributed by atoms with van der Waals surface area (Å²) >= 11 is 0. The summed E-state index contributed by atoms with van der Waals surface area (Å²) in [5.41, 5.74) is 5.07. The van der Waals surface area contributed by atoms with Crippen LogP contribution in [-0.4, -0.2) is 41.5 Å². The van der Waals surface area contributed by atoms with E-state index < -0.39 is 17.9 Å². The molecule has 1 heterocycles. The van der Waals surface area contributed by atoms with Crippen molar-refractivity contribution in [2.24, 2.45) is 5.73 Å². The zero-order valence-corrected chi connectivity index (χ0v) is 9.10. The molecule has 0 fully saturated rings. The quantitative estimate of drug-likeness (QED) is 0.228. The average molecular weight is 237 g/mol. The van der Waals surface area contributed by atoms with Crippen molar-refractivity contribution in [3.05, 3.63) is 12.2 Å². The molecule has 0 bridgehead atoms. The summed E-state index contributed by atoms with van der Waals surface area (Å²) in [4.78, 5) is 34.2. The molecule has 4 N–H and O–H groups in total. The summed E-state index contributed by atoms with van der Waals surface area (Å²) in [5.74, 6) is -1.16. The molecule has 0 aliphatic carbocycles. The van der Waals surface area contributed by atoms with Crippen molar-refractivity contribution in [1.82, 2.24) is 10.2 Å². The number of nitrogens with one attached hydrogen (secondary N) is 2. The molecule has 1 radical (unpaired) electrons. The molecule has 0 spiro atoms. The summed E-state index contributed by atoms with van der Waals surface area (Å²) in [7, 11) is 0. The van der Waals surface area contributed by atoms with Crippen LogP contribution in [-0.2, 0) is 14.4 Å². The second-order valence-corrected chi connectivity index (χ2v) is 3.50. The Morgan fingerprint density at radius 3 is 2.53 bits per heavy atom. The van der Waals surface area contributed by atoms with Gasteiger partial charge >= 0.3 is 0 Å². The second kappa shape index (κ2) is 5.78. The number of rotatable bonds is 6. The Balaban J connectivity index is 2.44. The topological polar surface area (TPSA) is 116 Å². The largest absolute Gasteiger partial charge is 0.370 e. The van der Waals surface area contributed by atoms with Gasteiger partial charge in [0.2, 0.25) is 6.29 Å². The molecule has 0 aromatic heterocycles. The van der Waals surface area contributed by atoms with Gasteiger partial charge < -0.3 is 11.1 Å². The van der Waals surface area contributed by atoms with Crippen molar-refractivity contribution in [1.29, 1.82) is 5.41 Å². The van der Waals surface area contributed by atoms with E-state index in [0.717, 1.165) is 17.1 Å². The van der Waals surface area contributed by atoms with Crippen LogP contribution in [0.15, 0.2) is 12.2 Å². The Labute approximate surface area is 98.1 Å². The third-order valence-electron chi connectivity index (χ3n) is 2.26. The average Bonchev–Trinajstić information content (AvgIpc) is 2.60. The third-order valence-corrected chi connectivity index (χ3v) is 2.26. The summed E-state index contributed by atoms with van der Waals surface area (Å²) < 4.78 is 0. The summed E-state index contributed by atoms with van der Waals surface area (Å²) in [5, 5.41) is 9.48. The predicted molar refractivity (Wildman–Crippen MR) is 59.6 cm³/mol. The van der Waals surface area contributed by atoms with Crippen molar-refractivity contribution in [3.8, 4) is 0 Å². The van der Waals surface area contributed by atoms with E-state index in [1.54, 1.807) is 6.29 Å². The lowest BCUT2D eigenvalue weighted by Crippen LogP contribution is -2.41. The molecule has 2 amide bonds. The molecule has 0 saturated carbocycles. The smallest absolute Gasteiger partial charge is 0.254 e. The van der Waals surface area contributed by atoms with Crippen molar-refractivity contribution < 1.29 is 14.4 Å². The Hall–Kier alpha value is -2.18. The molecule has 0 saturated heterocycles. The fraction of sp³-hybridized carbons (Fsp3) is 0.400. The first-order valence-corrected chi connectivity index (χ1v) is 5.07. The zero-order valence-electron chi connectivity index (χ0n) is 9.10. The van der Waals surface area contributed by atoms with E-state index in [0.29, 0.717) is 19.4 Å². The highest BCUT2D eigenvalue weighted by atomic mass is 16.2. The standard InChI is InChI=1S/C10H13N4O3/c11-10(12)13-5-1-2-7(6-15)14-8(16)3-4-9(14)17/h3-4,7H,1-2,5H2,(H4,11,12,13)/t7-/m0/s1. The SMILES string of the molecule is N=C(N)NCCC[C@@H]([C]=O)N1C(=O)C=CC1=O. The molecule has 1 atom stereocenters. The van der Waals surface area contributed by atoms with Crippen LogP contribution in [0.2, 0.25) is 0 Å². The summed E-state index contributed by atoms with van der Waals surface area (Å²) in [6, 6.07) is -0.876. The minimum Gasteiger partial charge on any atom is -0.370 e. The lowest BCUT2D eigenvalue weighted by atomic mass is 10.1. The number of nitrogens with two attached hydrogens (primary N) is 1. The first-order valence-electron chi connectivity index (χ1n) is 5.07. The Bertz CT molecular complexity index is 360. The van der Waals surface area contributed by atoms with E-state index in [1.165, 1.54) is 0 Å². The molecule has 91 valence electrons. The molecular formula is C10H13N4O3. The number of hydrogen-bond acceptors (Lipinski definition) is 4. The van der Waals surface area contributed by atoms with Gasteiger partial charge in [0.1, 0.15) is 6.04 Å². The maximum Gasteiger partial charge on any atom is 0.254 e. The number of guanidine groups is 1. The van der Waals surface area contributed by atoms with Gasteiger partial charge in [0.15, 0.2) is 5.96 Å². The second-order valence-electron chi connectivity index (χ2n) is 3.50. The number of amides is 2. The third kappa shape index (κ3) is 3.40. The molecule has 17 heavy (non-hydrogen) atoms. The van der Waals surface area contributed by atoms with Crippen molar-refractivity contribution in [3.63, 3.8) is 0 Å². The van der Waals surface area contributed by atoms with E-state index in [1.807, 2.05) is 0 Å². The Kier molecular flexibility index (Phi) is 4.38. The number of carbonyl (C=O) groups is 2. The lowest BCUT2D eigenvalue weighted by Gasteiger charge is -2.20. The first kappa shape index (κ1) is 12.9. The highest BCUT2D eigenvalue weighted by molar-refractivity contribution is 6.14. The summed E-state index contributed by atoms with van der Waals surface area (Å²) in [6.07, 6.45) is 4.72. The van der Waals surface area contributed by atoms with Crippen molar-refractivity contribution >= 4 is 24.1 Å². The van der Waals surface area contributed by atoms with Gasteiger partial charge in [0.05, 0.1) is 0 Å². The first-order chi connectivity index (χ1) is 8.06. The minimum atomic E-state index is -0.876. The van der Waals surface area contributed by atoms with Crippen LogP contribution in [0, 0.1) is 5.41 Å². The summed E-state index contributed by atoms with van der Waals surface area (Å²) in [6.45, 7) is 0.400. The normalized spacial score (nSPS) is 16.1. The van der Waals surface area contributed by atoms with Gasteiger partial charge in [-0.15, -0.1) is 0 Å². The Morgan fingerprint density at radius 1 is 1.47 bits per heavy atom. The molecule has 7 heteroatoms. The fourth-order valence-corrected chi connectivity index (χ4v) is 1.48. The molecule has 0 aromatic rings. The molecule has 0 aromatic carbocycles. The van der Waals surface area contributed by atoms with Gasteiger partial charge in [-0.25, -0.2) is 0 Å². The Morgan fingerprint density at radius 2 is 2.06 bits per heavy atom. The van der Waals surface area contributed by atoms with Crippen LogP contribution in [0.3, 0.4) is 0 Å². The van der Waals surface area contributed by atoms with Crippen LogP contribution in [0.5, 0.6) is 0 Å². The van der Waals surface area contributed by atoms with Crippen LogP contribution in [0.25, 0.3) is 0 Å². The van der Waals surface area contributed by atoms with Crippen LogP contribution < -0.4 is 11.1 Å². The molecule has 7 nitrogen and oxygen atoms in total. The van der Waals surface area contributed by atoms with E-state index in [-0.39, 0.29) is 5.96 Å². The number of carbonyl (C=O) groups excluding carboxylic acids is 3. The molecular weight excluding hydrogens is 224 g/mol. The van der Waals surface area contributed by atoms with Crippen molar-refractivity contribution in [2.45, 2.75) is 18.9 Å². The molecule has 1 aliphatic heterocycles. The van der Waals surface area contributed by atoms with Gasteiger partial charge in [-0.05, 0) is 12.8 Å². The fourth-order valence-electron chi connectivity index (χ4n) is 1.48. The van der Waals surface area contributed by atoms with E-state index in [4.69, 9.17) is 11.1 Å². The van der Waals surface area contributed by atoms with Gasteiger partial charge in [-0.3, -0.25) is 24.7 Å². The van der Waals surface area contributed by atoms with E-state index in [2.05, 4.69) is 5.32 Å². The van der Waals surface area contributed by atoms with Crippen LogP contribution in [0.4, 0.5) is 0 Å². The van der Waals surface area contributed by atoms with Crippen LogP contribution in [0.1, 0.15) is 12.8 Å². The van der Waals surface area contributed by atoms with E-state index >= 15 is 0 Å². The lowest BCUT2D eigenvalue weighted by molar-refractivity contribution is -0.138. The number of nitrogens with zero attached hydrogens (tertiary/aromatic N) is 1. The number of hydrogen-bond donors (Lipinski definition) is 3. The van der Waals surface area contributed by atoms with Gasteiger partial charge in [0.25, 0.3) is 11.8 Å². The highest BCUT2D eigenvalue weighted by Crippen LogP contribution is 2.11. The minimum absolute atomic E-state index is 0.161. The maximum absolute atomic E-state index is 11.3. The van der Waals surface area contributed by atoms with Gasteiger partial charge in [-0.1, -0.05) is 0 Å². The number of imide groups is 1. The zero-order chi connectivity index (χ0) is 12.8. The molecule has 0 unspecified atom stereocenters. The van der Waals surface area contributed by atoms with Crippen LogP contribution >= 0.6 is 0 Å². The predicted octanol–water partition coefficient (Wildman–Crippen LogP) is -1.35. The molecule has 1 aliphatic rings.